The van der Waals surface area contributed by atoms with Crippen LogP contribution in [-0.4, -0.2) is 24.5 Å². The summed E-state index contributed by atoms with van der Waals surface area (Å²) in [5.41, 5.74) is 7.03. The van der Waals surface area contributed by atoms with Crippen LogP contribution in [0.1, 0.15) is 24.4 Å². The number of carbonyl (C=O) groups is 1. The molecule has 5 heteroatoms. The highest BCUT2D eigenvalue weighted by Crippen LogP contribution is 2.08. The van der Waals surface area contributed by atoms with Crippen LogP contribution < -0.4 is 11.1 Å². The molecule has 3 N–H and O–H groups in total. The van der Waals surface area contributed by atoms with Gasteiger partial charge in [0, 0.05) is 19.0 Å². The van der Waals surface area contributed by atoms with Crippen LogP contribution >= 0.6 is 24.2 Å². The van der Waals surface area contributed by atoms with E-state index in [1.54, 1.807) is 11.8 Å². The Morgan fingerprint density at radius 2 is 2.06 bits per heavy atom. The van der Waals surface area contributed by atoms with Crippen LogP contribution in [0.4, 0.5) is 0 Å². The molecule has 1 unspecified atom stereocenters. The molecule has 0 aliphatic carbocycles. The van der Waals surface area contributed by atoms with E-state index in [0.717, 1.165) is 17.7 Å². The number of rotatable bonds is 7. The molecule has 0 spiro atoms. The van der Waals surface area contributed by atoms with Crippen molar-refractivity contribution in [1.29, 1.82) is 0 Å². The number of carbonyl (C=O) groups excluding carboxylic acids is 1. The summed E-state index contributed by atoms with van der Waals surface area (Å²) in [5, 5.41) is 2.87. The molecule has 0 aromatic heterocycles. The van der Waals surface area contributed by atoms with Crippen molar-refractivity contribution in [3.8, 4) is 0 Å². The maximum atomic E-state index is 11.5. The third kappa shape index (κ3) is 6.89. The van der Waals surface area contributed by atoms with Crippen molar-refractivity contribution in [2.45, 2.75) is 18.9 Å². The minimum atomic E-state index is -0.124. The fourth-order valence-corrected chi connectivity index (χ4v) is 1.94. The molecule has 0 saturated carbocycles. The maximum absolute atomic E-state index is 11.5. The summed E-state index contributed by atoms with van der Waals surface area (Å²) in [6, 6.07) is 9.69. The first-order valence-corrected chi connectivity index (χ1v) is 7.19. The van der Waals surface area contributed by atoms with Gasteiger partial charge in [0.25, 0.3) is 0 Å². The molecule has 0 aliphatic heterocycles. The molecule has 0 fully saturated rings. The van der Waals surface area contributed by atoms with Crippen molar-refractivity contribution in [3.63, 3.8) is 0 Å². The first-order valence-electron chi connectivity index (χ1n) is 5.80. The molecular weight excluding hydrogens is 268 g/mol. The Hall–Kier alpha value is -0.710. The minimum Gasteiger partial charge on any atom is -0.354 e. The molecule has 1 aromatic carbocycles. The largest absolute Gasteiger partial charge is 0.354 e. The molecule has 3 nitrogen and oxygen atoms in total. The Labute approximate surface area is 119 Å². The molecular formula is C13H21ClN2OS. The van der Waals surface area contributed by atoms with Crippen LogP contribution in [-0.2, 0) is 4.79 Å². The van der Waals surface area contributed by atoms with Gasteiger partial charge in [0.2, 0.25) is 5.91 Å². The van der Waals surface area contributed by atoms with Gasteiger partial charge in [-0.2, -0.15) is 11.8 Å². The quantitative estimate of drug-likeness (QED) is 0.758. The Balaban J connectivity index is 0.00000289. The molecule has 1 rings (SSSR count). The number of hydrogen-bond acceptors (Lipinski definition) is 3. The summed E-state index contributed by atoms with van der Waals surface area (Å²) in [6.07, 6.45) is 3.55. The van der Waals surface area contributed by atoms with E-state index in [1.165, 1.54) is 0 Å². The van der Waals surface area contributed by atoms with E-state index in [9.17, 15) is 4.79 Å². The molecule has 0 bridgehead atoms. The lowest BCUT2D eigenvalue weighted by Gasteiger charge is -2.13. The lowest BCUT2D eigenvalue weighted by atomic mass is 10.1. The Morgan fingerprint density at radius 1 is 1.39 bits per heavy atom. The second-order valence-electron chi connectivity index (χ2n) is 3.92. The van der Waals surface area contributed by atoms with Gasteiger partial charge in [0.05, 0.1) is 0 Å². The average Bonchev–Trinajstić information content (AvgIpc) is 2.37. The van der Waals surface area contributed by atoms with E-state index < -0.39 is 0 Å². The molecule has 0 heterocycles. The molecule has 1 aromatic rings. The second kappa shape index (κ2) is 10.2. The van der Waals surface area contributed by atoms with Gasteiger partial charge in [-0.1, -0.05) is 30.3 Å². The number of hydrogen-bond donors (Lipinski definition) is 2. The van der Waals surface area contributed by atoms with Crippen molar-refractivity contribution >= 4 is 30.1 Å². The lowest BCUT2D eigenvalue weighted by Crippen LogP contribution is -2.31. The minimum absolute atomic E-state index is 0. The lowest BCUT2D eigenvalue weighted by molar-refractivity contribution is -0.121. The third-order valence-electron chi connectivity index (χ3n) is 2.50. The molecule has 102 valence electrons. The van der Waals surface area contributed by atoms with Crippen LogP contribution in [0, 0.1) is 0 Å². The van der Waals surface area contributed by atoms with E-state index in [1.807, 2.05) is 36.6 Å². The Bertz CT molecular complexity index is 335. The summed E-state index contributed by atoms with van der Waals surface area (Å²) in [6.45, 7) is 0.502. The van der Waals surface area contributed by atoms with E-state index in [0.29, 0.717) is 13.0 Å². The summed E-state index contributed by atoms with van der Waals surface area (Å²) >= 11 is 1.76. The fraction of sp³-hybridized carbons (Fsp3) is 0.462. The maximum Gasteiger partial charge on any atom is 0.220 e. The average molecular weight is 289 g/mol. The summed E-state index contributed by atoms with van der Waals surface area (Å²) in [5.74, 6) is 1.11. The molecule has 0 aliphatic rings. The topological polar surface area (TPSA) is 55.1 Å². The van der Waals surface area contributed by atoms with Crippen LogP contribution in [0.3, 0.4) is 0 Å². The predicted octanol–water partition coefficient (Wildman–Crippen LogP) is 2.37. The van der Waals surface area contributed by atoms with Crippen molar-refractivity contribution in [2.24, 2.45) is 5.73 Å². The smallest absolute Gasteiger partial charge is 0.220 e. The number of nitrogens with one attached hydrogen (secondary N) is 1. The highest BCUT2D eigenvalue weighted by Gasteiger charge is 2.07. The van der Waals surface area contributed by atoms with Crippen molar-refractivity contribution < 1.29 is 4.79 Å². The van der Waals surface area contributed by atoms with Crippen molar-refractivity contribution in [3.05, 3.63) is 35.9 Å². The standard InChI is InChI=1S/C13H20N2OS.ClH/c1-17-9-5-8-13(16)15-10-12(14)11-6-3-2-4-7-11;/h2-4,6-7,12H,5,8-10,14H2,1H3,(H,15,16);1H. The molecule has 0 saturated heterocycles. The van der Waals surface area contributed by atoms with Gasteiger partial charge in [-0.25, -0.2) is 0 Å². The van der Waals surface area contributed by atoms with Gasteiger partial charge in [0.15, 0.2) is 0 Å². The Kier molecular flexibility index (Phi) is 9.83. The zero-order valence-electron chi connectivity index (χ0n) is 10.6. The van der Waals surface area contributed by atoms with Gasteiger partial charge < -0.3 is 11.1 Å². The number of thioether (sulfide) groups is 1. The van der Waals surface area contributed by atoms with Gasteiger partial charge in [-0.05, 0) is 24.0 Å². The number of halogens is 1. The molecule has 1 amide bonds. The highest BCUT2D eigenvalue weighted by molar-refractivity contribution is 7.98. The van der Waals surface area contributed by atoms with Crippen molar-refractivity contribution in [2.75, 3.05) is 18.6 Å². The SMILES string of the molecule is CSCCCC(=O)NCC(N)c1ccccc1.Cl. The number of amides is 1. The van der Waals surface area contributed by atoms with E-state index >= 15 is 0 Å². The van der Waals surface area contributed by atoms with Crippen LogP contribution in [0.15, 0.2) is 30.3 Å². The van der Waals surface area contributed by atoms with Crippen LogP contribution in [0.2, 0.25) is 0 Å². The highest BCUT2D eigenvalue weighted by atomic mass is 35.5. The fourth-order valence-electron chi connectivity index (χ4n) is 1.51. The second-order valence-corrected chi connectivity index (χ2v) is 4.90. The first-order chi connectivity index (χ1) is 8.24. The number of benzene rings is 1. The Morgan fingerprint density at radius 3 is 2.67 bits per heavy atom. The van der Waals surface area contributed by atoms with Crippen molar-refractivity contribution in [1.82, 2.24) is 5.32 Å². The summed E-state index contributed by atoms with van der Waals surface area (Å²) in [7, 11) is 0. The monoisotopic (exact) mass is 288 g/mol. The number of nitrogens with two attached hydrogens (primary N) is 1. The summed E-state index contributed by atoms with van der Waals surface area (Å²) < 4.78 is 0. The predicted molar refractivity (Wildman–Crippen MR) is 81.2 cm³/mol. The van der Waals surface area contributed by atoms with E-state index in [2.05, 4.69) is 5.32 Å². The van der Waals surface area contributed by atoms with Gasteiger partial charge in [0.1, 0.15) is 0 Å². The first kappa shape index (κ1) is 17.3. The molecule has 0 radical (unpaired) electrons. The third-order valence-corrected chi connectivity index (χ3v) is 3.20. The van der Waals surface area contributed by atoms with E-state index in [-0.39, 0.29) is 24.4 Å². The zero-order valence-corrected chi connectivity index (χ0v) is 12.2. The van der Waals surface area contributed by atoms with Crippen LogP contribution in [0.25, 0.3) is 0 Å². The zero-order chi connectivity index (χ0) is 12.5. The molecule has 1 atom stereocenters. The van der Waals surface area contributed by atoms with E-state index in [4.69, 9.17) is 5.73 Å². The van der Waals surface area contributed by atoms with Crippen LogP contribution in [0.5, 0.6) is 0 Å². The molecule has 18 heavy (non-hydrogen) atoms. The van der Waals surface area contributed by atoms with Gasteiger partial charge in [-0.3, -0.25) is 4.79 Å². The summed E-state index contributed by atoms with van der Waals surface area (Å²) in [4.78, 5) is 11.5. The normalized spacial score (nSPS) is 11.4. The van der Waals surface area contributed by atoms with Gasteiger partial charge in [-0.15, -0.1) is 12.4 Å². The van der Waals surface area contributed by atoms with Gasteiger partial charge >= 0.3 is 0 Å².